The molecule has 0 aliphatic carbocycles. The monoisotopic (exact) mass is 228 g/mol. The van der Waals surface area contributed by atoms with Crippen LogP contribution in [-0.2, 0) is 14.3 Å². The second kappa shape index (κ2) is 4.39. The van der Waals surface area contributed by atoms with Crippen molar-refractivity contribution in [1.29, 1.82) is 0 Å². The minimum atomic E-state index is -1.06. The molecule has 2 aliphatic rings. The molecule has 16 heavy (non-hydrogen) atoms. The molecule has 0 aromatic carbocycles. The summed E-state index contributed by atoms with van der Waals surface area (Å²) in [6.07, 6.45) is 2.84. The molecule has 1 amide bonds. The Balaban J connectivity index is 1.81. The van der Waals surface area contributed by atoms with Gasteiger partial charge < -0.3 is 20.9 Å². The highest BCUT2D eigenvalue weighted by Gasteiger charge is 2.41. The van der Waals surface area contributed by atoms with E-state index >= 15 is 0 Å². The molecule has 6 heteroatoms. The molecule has 2 heterocycles. The Hall–Kier alpha value is -1.14. The number of rotatable bonds is 4. The van der Waals surface area contributed by atoms with Crippen molar-refractivity contribution in [3.63, 3.8) is 0 Å². The number of carboxylic acids is 1. The van der Waals surface area contributed by atoms with Crippen LogP contribution in [-0.4, -0.2) is 41.3 Å². The minimum absolute atomic E-state index is 0.00564. The third kappa shape index (κ3) is 2.33. The molecule has 4 atom stereocenters. The van der Waals surface area contributed by atoms with Crippen LogP contribution in [0.5, 0.6) is 0 Å². The summed E-state index contributed by atoms with van der Waals surface area (Å²) >= 11 is 0. The lowest BCUT2D eigenvalue weighted by Crippen LogP contribution is -2.49. The van der Waals surface area contributed by atoms with E-state index in [-0.39, 0.29) is 24.7 Å². The molecule has 6 nitrogen and oxygen atoms in total. The van der Waals surface area contributed by atoms with Crippen molar-refractivity contribution < 1.29 is 19.4 Å². The summed E-state index contributed by atoms with van der Waals surface area (Å²) in [4.78, 5) is 22.0. The fourth-order valence-electron chi connectivity index (χ4n) is 2.36. The van der Waals surface area contributed by atoms with Crippen molar-refractivity contribution >= 4 is 11.9 Å². The van der Waals surface area contributed by atoms with E-state index < -0.39 is 17.9 Å². The van der Waals surface area contributed by atoms with Crippen molar-refractivity contribution in [2.45, 2.75) is 50.0 Å². The predicted molar refractivity (Wildman–Crippen MR) is 54.7 cm³/mol. The average Bonchev–Trinajstić information content (AvgIpc) is 2.77. The molecule has 0 spiro atoms. The van der Waals surface area contributed by atoms with Gasteiger partial charge in [-0.1, -0.05) is 0 Å². The molecule has 2 aliphatic heterocycles. The van der Waals surface area contributed by atoms with Gasteiger partial charge in [-0.3, -0.25) is 9.59 Å². The summed E-state index contributed by atoms with van der Waals surface area (Å²) in [6, 6.07) is -0.970. The molecular weight excluding hydrogens is 212 g/mol. The molecule has 2 rings (SSSR count). The predicted octanol–water partition coefficient (Wildman–Crippen LogP) is -0.775. The Morgan fingerprint density at radius 1 is 1.50 bits per heavy atom. The van der Waals surface area contributed by atoms with Crippen molar-refractivity contribution in [3.8, 4) is 0 Å². The maximum Gasteiger partial charge on any atom is 0.305 e. The SMILES string of the molecule is NC(CC(=O)O)C(=O)NC1CC2CCC1O2. The average molecular weight is 228 g/mol. The van der Waals surface area contributed by atoms with Crippen LogP contribution in [0.25, 0.3) is 0 Å². The maximum atomic E-state index is 11.6. The fourth-order valence-corrected chi connectivity index (χ4v) is 2.36. The smallest absolute Gasteiger partial charge is 0.305 e. The highest BCUT2D eigenvalue weighted by Crippen LogP contribution is 2.34. The van der Waals surface area contributed by atoms with Gasteiger partial charge in [-0.25, -0.2) is 0 Å². The summed E-state index contributed by atoms with van der Waals surface area (Å²) in [5, 5.41) is 11.3. The molecule has 90 valence electrons. The summed E-state index contributed by atoms with van der Waals surface area (Å²) in [5.74, 6) is -1.46. The van der Waals surface area contributed by atoms with E-state index in [1.165, 1.54) is 0 Å². The van der Waals surface area contributed by atoms with E-state index in [0.717, 1.165) is 19.3 Å². The number of amides is 1. The van der Waals surface area contributed by atoms with E-state index in [1.54, 1.807) is 0 Å². The van der Waals surface area contributed by atoms with Gasteiger partial charge in [0.25, 0.3) is 0 Å². The molecule has 0 saturated carbocycles. The largest absolute Gasteiger partial charge is 0.481 e. The number of hydrogen-bond acceptors (Lipinski definition) is 4. The standard InChI is InChI=1S/C10H16N2O4/c11-6(4-9(13)14)10(15)12-7-3-5-1-2-8(7)16-5/h5-8H,1-4,11H2,(H,12,15)(H,13,14). The fraction of sp³-hybridized carbons (Fsp3) is 0.800. The highest BCUT2D eigenvalue weighted by atomic mass is 16.5. The molecule has 2 bridgehead atoms. The lowest BCUT2D eigenvalue weighted by molar-refractivity contribution is -0.139. The van der Waals surface area contributed by atoms with Gasteiger partial charge >= 0.3 is 5.97 Å². The number of fused-ring (bicyclic) bond motifs is 2. The van der Waals surface area contributed by atoms with Crippen LogP contribution in [0.1, 0.15) is 25.7 Å². The first-order chi connectivity index (χ1) is 7.56. The van der Waals surface area contributed by atoms with Gasteiger partial charge in [0.05, 0.1) is 30.7 Å². The zero-order valence-corrected chi connectivity index (χ0v) is 8.89. The van der Waals surface area contributed by atoms with E-state index in [9.17, 15) is 9.59 Å². The van der Waals surface area contributed by atoms with Crippen molar-refractivity contribution in [2.75, 3.05) is 0 Å². The van der Waals surface area contributed by atoms with Gasteiger partial charge in [0.2, 0.25) is 5.91 Å². The number of carbonyl (C=O) groups is 2. The summed E-state index contributed by atoms with van der Waals surface area (Å²) in [6.45, 7) is 0. The van der Waals surface area contributed by atoms with E-state index in [4.69, 9.17) is 15.6 Å². The first-order valence-electron chi connectivity index (χ1n) is 5.49. The van der Waals surface area contributed by atoms with Gasteiger partial charge in [0, 0.05) is 0 Å². The van der Waals surface area contributed by atoms with Crippen LogP contribution >= 0.6 is 0 Å². The Morgan fingerprint density at radius 3 is 2.75 bits per heavy atom. The number of carboxylic acid groups (broad SMARTS) is 1. The Labute approximate surface area is 93.1 Å². The number of nitrogens with one attached hydrogen (secondary N) is 1. The normalized spacial score (nSPS) is 33.7. The molecule has 4 N–H and O–H groups in total. The molecule has 4 unspecified atom stereocenters. The zero-order chi connectivity index (χ0) is 11.7. The molecule has 0 aromatic rings. The maximum absolute atomic E-state index is 11.6. The van der Waals surface area contributed by atoms with E-state index in [1.807, 2.05) is 0 Å². The van der Waals surface area contributed by atoms with Crippen LogP contribution in [0.4, 0.5) is 0 Å². The minimum Gasteiger partial charge on any atom is -0.481 e. The van der Waals surface area contributed by atoms with Gasteiger partial charge in [0.15, 0.2) is 0 Å². The van der Waals surface area contributed by atoms with E-state index in [0.29, 0.717) is 0 Å². The van der Waals surface area contributed by atoms with Crippen LogP contribution in [0, 0.1) is 0 Å². The van der Waals surface area contributed by atoms with Gasteiger partial charge in [-0.15, -0.1) is 0 Å². The third-order valence-corrected chi connectivity index (χ3v) is 3.16. The summed E-state index contributed by atoms with van der Waals surface area (Å²) in [7, 11) is 0. The number of nitrogens with two attached hydrogens (primary N) is 1. The topological polar surface area (TPSA) is 102 Å². The first-order valence-corrected chi connectivity index (χ1v) is 5.49. The lowest BCUT2D eigenvalue weighted by Gasteiger charge is -2.21. The number of ether oxygens (including phenoxy) is 1. The highest BCUT2D eigenvalue weighted by molar-refractivity contribution is 5.86. The number of carbonyl (C=O) groups excluding carboxylic acids is 1. The quantitative estimate of drug-likeness (QED) is 0.586. The molecular formula is C10H16N2O4. The van der Waals surface area contributed by atoms with Crippen LogP contribution in [0.3, 0.4) is 0 Å². The summed E-state index contributed by atoms with van der Waals surface area (Å²) in [5.41, 5.74) is 5.46. The van der Waals surface area contributed by atoms with Crippen LogP contribution in [0.2, 0.25) is 0 Å². The van der Waals surface area contributed by atoms with Gasteiger partial charge in [-0.05, 0) is 19.3 Å². The van der Waals surface area contributed by atoms with Crippen molar-refractivity contribution in [2.24, 2.45) is 5.73 Å². The summed E-state index contributed by atoms with van der Waals surface area (Å²) < 4.78 is 5.57. The number of hydrogen-bond donors (Lipinski definition) is 3. The third-order valence-electron chi connectivity index (χ3n) is 3.16. The van der Waals surface area contributed by atoms with Crippen molar-refractivity contribution in [3.05, 3.63) is 0 Å². The second-order valence-corrected chi connectivity index (χ2v) is 4.43. The van der Waals surface area contributed by atoms with Crippen molar-refractivity contribution in [1.82, 2.24) is 5.32 Å². The van der Waals surface area contributed by atoms with Crippen LogP contribution in [0.15, 0.2) is 0 Å². The Kier molecular flexibility index (Phi) is 3.11. The van der Waals surface area contributed by atoms with Crippen LogP contribution < -0.4 is 11.1 Å². The zero-order valence-electron chi connectivity index (χ0n) is 8.89. The first kappa shape index (κ1) is 11.3. The molecule has 0 radical (unpaired) electrons. The lowest BCUT2D eigenvalue weighted by atomic mass is 9.95. The van der Waals surface area contributed by atoms with Gasteiger partial charge in [0.1, 0.15) is 0 Å². The van der Waals surface area contributed by atoms with Gasteiger partial charge in [-0.2, -0.15) is 0 Å². The second-order valence-electron chi connectivity index (χ2n) is 4.43. The van der Waals surface area contributed by atoms with E-state index in [2.05, 4.69) is 5.32 Å². The number of aliphatic carboxylic acids is 1. The Bertz CT molecular complexity index is 307. The molecule has 2 saturated heterocycles. The molecule has 0 aromatic heterocycles. The molecule has 2 fully saturated rings. The Morgan fingerprint density at radius 2 is 2.25 bits per heavy atom.